The molecule has 2 saturated heterocycles. The molecule has 5 aliphatic rings. The number of carboxylic acid groups (broad SMARTS) is 1. The number of aliphatic hydroxyl groups is 1. The maximum Gasteiger partial charge on any atom is 0.336 e. The summed E-state index contributed by atoms with van der Waals surface area (Å²) in [6.45, 7) is 3.99. The number of carbonyl (C=O) groups is 7. The Morgan fingerprint density at radius 2 is 1.45 bits per heavy atom. The van der Waals surface area contributed by atoms with Gasteiger partial charge in [0.25, 0.3) is 5.91 Å². The lowest BCUT2D eigenvalue weighted by Gasteiger charge is -2.35. The Labute approximate surface area is 499 Å². The molecule has 0 radical (unpaired) electrons. The lowest BCUT2D eigenvalue weighted by Crippen LogP contribution is -2.58. The zero-order valence-corrected chi connectivity index (χ0v) is 48.8. The van der Waals surface area contributed by atoms with Crippen molar-refractivity contribution in [2.75, 3.05) is 50.8 Å². The molecule has 21 nitrogen and oxygen atoms in total. The number of nitrogens with one attached hydrogen (secondary N) is 8. The van der Waals surface area contributed by atoms with Gasteiger partial charge >= 0.3 is 12.0 Å². The molecule has 448 valence electrons. The first-order valence-corrected chi connectivity index (χ1v) is 30.5. The molecule has 2 aliphatic carbocycles. The summed E-state index contributed by atoms with van der Waals surface area (Å²) in [5.74, 6) is -2.77. The maximum absolute atomic E-state index is 14.0. The summed E-state index contributed by atoms with van der Waals surface area (Å²) in [7, 11) is 0. The number of amides is 7. The molecule has 23 heteroatoms. The predicted octanol–water partition coefficient (Wildman–Crippen LogP) is 5.63. The van der Waals surface area contributed by atoms with Crippen LogP contribution >= 0.6 is 23.5 Å². The van der Waals surface area contributed by atoms with Crippen molar-refractivity contribution in [3.05, 3.63) is 136 Å². The quantitative estimate of drug-likeness (QED) is 0.0117. The molecule has 3 aliphatic heterocycles. The highest BCUT2D eigenvalue weighted by atomic mass is 32.2. The van der Waals surface area contributed by atoms with E-state index in [1.54, 1.807) is 19.9 Å². The van der Waals surface area contributed by atoms with Gasteiger partial charge in [0, 0.05) is 88.5 Å². The van der Waals surface area contributed by atoms with Crippen LogP contribution in [0.4, 0.5) is 4.79 Å². The minimum absolute atomic E-state index is 0.00723. The number of aromatic hydroxyl groups is 1. The number of urea groups is 1. The number of phenols is 1. The number of phenolic OH excluding ortho intramolecular Hbond substituents is 1. The maximum atomic E-state index is 14.0. The van der Waals surface area contributed by atoms with Crippen LogP contribution in [0.25, 0.3) is 44.5 Å². The fourth-order valence-corrected chi connectivity index (χ4v) is 13.6. The van der Waals surface area contributed by atoms with Gasteiger partial charge in [-0.2, -0.15) is 11.8 Å². The number of hydrogen-bond acceptors (Lipinski definition) is 15. The van der Waals surface area contributed by atoms with Crippen LogP contribution in [0.5, 0.6) is 5.75 Å². The summed E-state index contributed by atoms with van der Waals surface area (Å²) in [6, 6.07) is 27.8. The lowest BCUT2D eigenvalue weighted by atomic mass is 9.90. The second kappa shape index (κ2) is 28.3. The van der Waals surface area contributed by atoms with Crippen molar-refractivity contribution in [1.29, 1.82) is 0 Å². The smallest absolute Gasteiger partial charge is 0.336 e. The van der Waals surface area contributed by atoms with Crippen LogP contribution in [0, 0.1) is 0 Å². The third-order valence-electron chi connectivity index (χ3n) is 15.4. The fraction of sp³-hybridized carbons (Fsp3) is 0.387. The van der Waals surface area contributed by atoms with Crippen LogP contribution in [0.3, 0.4) is 0 Å². The highest BCUT2D eigenvalue weighted by Gasteiger charge is 2.43. The minimum atomic E-state index is -1.57. The Bertz CT molecular complexity index is 3440. The van der Waals surface area contributed by atoms with E-state index in [1.807, 2.05) is 48.2 Å². The normalized spacial score (nSPS) is 16.8. The number of benzene rings is 5. The summed E-state index contributed by atoms with van der Waals surface area (Å²) in [5.41, 5.74) is 5.11. The van der Waals surface area contributed by atoms with Gasteiger partial charge in [-0.15, -0.1) is 11.8 Å². The Morgan fingerprint density at radius 1 is 0.741 bits per heavy atom. The van der Waals surface area contributed by atoms with Gasteiger partial charge in [-0.1, -0.05) is 61.0 Å². The summed E-state index contributed by atoms with van der Waals surface area (Å²) in [6.07, 6.45) is 3.53. The number of aromatic carboxylic acids is 1. The van der Waals surface area contributed by atoms with Crippen molar-refractivity contribution in [2.24, 2.45) is 0 Å². The van der Waals surface area contributed by atoms with Gasteiger partial charge in [-0.05, 0) is 110 Å². The van der Waals surface area contributed by atoms with Crippen molar-refractivity contribution < 1.29 is 58.0 Å². The molecule has 11 N–H and O–H groups in total. The first-order valence-electron chi connectivity index (χ1n) is 28.4. The number of rotatable bonds is 29. The highest BCUT2D eigenvalue weighted by Crippen LogP contribution is 2.45. The second-order valence-corrected chi connectivity index (χ2v) is 24.6. The number of unbranched alkanes of at least 4 members (excludes halogenated alkanes) is 3. The zero-order valence-electron chi connectivity index (χ0n) is 47.1. The topological polar surface area (TPSA) is 316 Å². The van der Waals surface area contributed by atoms with Gasteiger partial charge in [0.1, 0.15) is 23.1 Å². The van der Waals surface area contributed by atoms with Crippen molar-refractivity contribution in [2.45, 2.75) is 99.2 Å². The third-order valence-corrected chi connectivity index (χ3v) is 18.3. The molecule has 0 spiro atoms. The van der Waals surface area contributed by atoms with Crippen LogP contribution < -0.4 is 48.0 Å². The first kappa shape index (κ1) is 61.6. The van der Waals surface area contributed by atoms with Gasteiger partial charge < -0.3 is 61.7 Å². The van der Waals surface area contributed by atoms with Crippen LogP contribution in [0.1, 0.15) is 96.6 Å². The van der Waals surface area contributed by atoms with Crippen LogP contribution in [0.2, 0.25) is 0 Å². The molecule has 2 fully saturated rings. The van der Waals surface area contributed by atoms with Gasteiger partial charge in [0.15, 0.2) is 5.43 Å². The number of fused-ring (bicyclic) bond motifs is 6. The van der Waals surface area contributed by atoms with E-state index in [9.17, 15) is 53.7 Å². The Hall–Kier alpha value is -7.96. The molecule has 3 heterocycles. The van der Waals surface area contributed by atoms with E-state index in [0.29, 0.717) is 54.1 Å². The van der Waals surface area contributed by atoms with E-state index < -0.39 is 53.3 Å². The lowest BCUT2D eigenvalue weighted by molar-refractivity contribution is -0.142. The molecule has 1 unspecified atom stereocenters. The van der Waals surface area contributed by atoms with E-state index in [2.05, 4.69) is 54.7 Å². The SMILES string of the molecule is CC(C)(SCC(=O)NCC(=O)NCCNC(=O)c1ccc(-c2c3ccc(=O)cc-3oc3cc(O)ccc23)c(C(=O)O)c1)[C@H](NC(O)OCC1c2ccccc2-c2ccccc21)C(=O)NCCCCCNC(=O)CCCC[C@@H]1SC[C@@H]2NC(=O)N[C@@H]21. The number of thioether (sulfide) groups is 2. The predicted molar refractivity (Wildman–Crippen MR) is 324 cm³/mol. The summed E-state index contributed by atoms with van der Waals surface area (Å²) >= 11 is 3.00. The van der Waals surface area contributed by atoms with Crippen molar-refractivity contribution in [3.8, 4) is 39.3 Å². The van der Waals surface area contributed by atoms with Gasteiger partial charge in [0.05, 0.1) is 36.6 Å². The van der Waals surface area contributed by atoms with Crippen LogP contribution in [0.15, 0.2) is 112 Å². The number of aliphatic hydroxyl groups excluding tert-OH is 1. The molecule has 0 saturated carbocycles. The largest absolute Gasteiger partial charge is 0.508 e. The summed E-state index contributed by atoms with van der Waals surface area (Å²) in [4.78, 5) is 102. The van der Waals surface area contributed by atoms with E-state index >= 15 is 0 Å². The minimum Gasteiger partial charge on any atom is -0.508 e. The van der Waals surface area contributed by atoms with Gasteiger partial charge in [0.2, 0.25) is 30.0 Å². The van der Waals surface area contributed by atoms with Crippen LogP contribution in [-0.4, -0.2) is 142 Å². The molecule has 4 aromatic rings. The van der Waals surface area contributed by atoms with E-state index in [4.69, 9.17) is 9.15 Å². The highest BCUT2D eigenvalue weighted by molar-refractivity contribution is 8.01. The first-order chi connectivity index (χ1) is 40.9. The second-order valence-electron chi connectivity index (χ2n) is 21.7. The van der Waals surface area contributed by atoms with Gasteiger partial charge in [-0.3, -0.25) is 34.1 Å². The Balaban J connectivity index is 0.722. The Morgan fingerprint density at radius 3 is 2.20 bits per heavy atom. The molecule has 0 aromatic heterocycles. The van der Waals surface area contributed by atoms with E-state index in [-0.39, 0.29) is 94.6 Å². The van der Waals surface area contributed by atoms with E-state index in [1.165, 1.54) is 48.5 Å². The molecule has 9 rings (SSSR count). The van der Waals surface area contributed by atoms with E-state index in [0.717, 1.165) is 65.5 Å². The standard InChI is InChI=1S/C62H70N8O13S2/c1-62(2,85-34-53(75)67-31-52(74)64-26-27-66-57(76)35-18-21-42(45(28-35)59(78)79)54-43-22-19-36(71)29-48(43)83-49-30-37(72)20-23-44(49)54)56(70-61(81)82-32-46-40-14-6-4-12-38(40)39-13-5-7-15-41(39)46)58(77)65-25-11-3-10-24-63-51(73)17-9-8-16-50-55-47(33-84-50)68-60(80)69-55/h4-7,12-15,18-23,28-30,46-47,50,55-56,61,70-71,81H,3,8-11,16-17,24-27,31-34H2,1-2H3,(H,63,73)(H,64,74)(H,65,77)(H,66,76)(H,67,75)(H,78,79)(H2,68,69,80)/t47-,50-,55-,56+,61?/m0/s1. The number of hydrogen-bond donors (Lipinski definition) is 11. The van der Waals surface area contributed by atoms with Crippen molar-refractivity contribution >= 4 is 76.0 Å². The average molecular weight is 1200 g/mol. The summed E-state index contributed by atoms with van der Waals surface area (Å²) in [5, 5.41) is 55.4. The number of ether oxygens (including phenoxy) is 1. The molecule has 5 atom stereocenters. The third kappa shape index (κ3) is 15.5. The fourth-order valence-electron chi connectivity index (χ4n) is 11.1. The van der Waals surface area contributed by atoms with Crippen LogP contribution in [-0.2, 0) is 23.9 Å². The monoisotopic (exact) mass is 1200 g/mol. The zero-order chi connectivity index (χ0) is 60.2. The average Bonchev–Trinajstić information content (AvgIpc) is 3.67. The number of carbonyl (C=O) groups excluding carboxylic acids is 6. The van der Waals surface area contributed by atoms with Gasteiger partial charge in [-0.25, -0.2) is 9.59 Å². The number of carboxylic acids is 1. The Kier molecular flexibility index (Phi) is 20.5. The molecular formula is C62H70N8O13S2. The summed E-state index contributed by atoms with van der Waals surface area (Å²) < 4.78 is 10.9. The molecule has 7 amide bonds. The molecule has 85 heavy (non-hydrogen) atoms. The molecular weight excluding hydrogens is 1130 g/mol. The van der Waals surface area contributed by atoms with Crippen molar-refractivity contribution in [1.82, 2.24) is 42.5 Å². The van der Waals surface area contributed by atoms with Crippen molar-refractivity contribution in [3.63, 3.8) is 0 Å². The molecule has 0 bridgehead atoms. The molecule has 4 aromatic carbocycles.